The van der Waals surface area contributed by atoms with Crippen LogP contribution in [0.15, 0.2) is 48.6 Å². The average Bonchev–Trinajstić information content (AvgIpc) is 2.60. The van der Waals surface area contributed by atoms with Crippen molar-refractivity contribution in [1.82, 2.24) is 0 Å². The number of rotatable bonds is 8. The van der Waals surface area contributed by atoms with E-state index >= 15 is 0 Å². The van der Waals surface area contributed by atoms with Crippen LogP contribution in [0.5, 0.6) is 0 Å². The normalized spacial score (nSPS) is 22.2. The molecule has 2 rings (SSSR count). The van der Waals surface area contributed by atoms with E-state index in [4.69, 9.17) is 4.74 Å². The molecule has 0 aromatic heterocycles. The fraction of sp³-hybridized carbons (Fsp3) is 0.545. The molecule has 0 heterocycles. The van der Waals surface area contributed by atoms with E-state index in [9.17, 15) is 0 Å². The third-order valence-electron chi connectivity index (χ3n) is 4.81. The second kappa shape index (κ2) is 10.4. The summed E-state index contributed by atoms with van der Waals surface area (Å²) in [6.07, 6.45) is 16.8. The molecule has 0 spiro atoms. The van der Waals surface area contributed by atoms with Crippen LogP contribution < -0.4 is 0 Å². The Morgan fingerprint density at radius 2 is 1.78 bits per heavy atom. The zero-order valence-electron chi connectivity index (χ0n) is 14.8. The van der Waals surface area contributed by atoms with Gasteiger partial charge in [-0.05, 0) is 62.0 Å². The molecular weight excluding hydrogens is 280 g/mol. The summed E-state index contributed by atoms with van der Waals surface area (Å²) < 4.78 is 5.61. The first-order chi connectivity index (χ1) is 11.3. The quantitative estimate of drug-likeness (QED) is 0.398. The highest BCUT2D eigenvalue weighted by atomic mass is 16.5. The molecule has 126 valence electrons. The first kappa shape index (κ1) is 18.0. The molecule has 0 atom stereocenters. The molecule has 1 fully saturated rings. The summed E-state index contributed by atoms with van der Waals surface area (Å²) in [6.45, 7) is 5.68. The van der Waals surface area contributed by atoms with Gasteiger partial charge in [0.15, 0.2) is 0 Å². The van der Waals surface area contributed by atoms with Crippen molar-refractivity contribution in [2.24, 2.45) is 5.92 Å². The predicted octanol–water partition coefficient (Wildman–Crippen LogP) is 6.41. The van der Waals surface area contributed by atoms with Gasteiger partial charge in [0, 0.05) is 0 Å². The van der Waals surface area contributed by atoms with E-state index in [0.717, 1.165) is 11.8 Å². The minimum atomic E-state index is 0.702. The van der Waals surface area contributed by atoms with E-state index in [1.165, 1.54) is 49.7 Å². The molecule has 1 nitrogen and oxygen atoms in total. The third-order valence-corrected chi connectivity index (χ3v) is 4.81. The molecule has 1 saturated carbocycles. The Kier molecular flexibility index (Phi) is 8.17. The molecule has 0 N–H and O–H groups in total. The molecule has 0 radical (unpaired) electrons. The SMILES string of the molecule is CC=CCOCc1ccc(C2CCC(C=CCCC)CC2)cc1. The summed E-state index contributed by atoms with van der Waals surface area (Å²) in [4.78, 5) is 0. The van der Waals surface area contributed by atoms with Crippen molar-refractivity contribution in [2.45, 2.75) is 64.9 Å². The van der Waals surface area contributed by atoms with Crippen LogP contribution >= 0.6 is 0 Å². The van der Waals surface area contributed by atoms with Crippen molar-refractivity contribution < 1.29 is 4.74 Å². The van der Waals surface area contributed by atoms with E-state index in [0.29, 0.717) is 13.2 Å². The van der Waals surface area contributed by atoms with Crippen LogP contribution in [0, 0.1) is 5.92 Å². The van der Waals surface area contributed by atoms with Crippen molar-refractivity contribution in [3.05, 3.63) is 59.7 Å². The molecule has 0 amide bonds. The fourth-order valence-electron chi connectivity index (χ4n) is 3.33. The number of allylic oxidation sites excluding steroid dienone is 3. The smallest absolute Gasteiger partial charge is 0.0721 e. The minimum Gasteiger partial charge on any atom is -0.373 e. The maximum atomic E-state index is 5.61. The molecule has 0 unspecified atom stereocenters. The highest BCUT2D eigenvalue weighted by molar-refractivity contribution is 5.25. The standard InChI is InChI=1S/C22H32O/c1-3-5-7-8-19-9-13-21(14-10-19)22-15-11-20(12-16-22)18-23-17-6-4-2/h4,6-8,11-12,15-16,19,21H,3,5,9-10,13-14,17-18H2,1-2H3. The van der Waals surface area contributed by atoms with Gasteiger partial charge in [0.1, 0.15) is 0 Å². The van der Waals surface area contributed by atoms with Gasteiger partial charge in [-0.25, -0.2) is 0 Å². The van der Waals surface area contributed by atoms with Crippen LogP contribution in [0.2, 0.25) is 0 Å². The Bertz CT molecular complexity index is 475. The third kappa shape index (κ3) is 6.35. The molecule has 23 heavy (non-hydrogen) atoms. The van der Waals surface area contributed by atoms with E-state index in [1.54, 1.807) is 0 Å². The summed E-state index contributed by atoms with van der Waals surface area (Å²) in [5, 5.41) is 0. The van der Waals surface area contributed by atoms with E-state index in [1.807, 2.05) is 19.1 Å². The fourth-order valence-corrected chi connectivity index (χ4v) is 3.33. The molecule has 1 aromatic carbocycles. The van der Waals surface area contributed by atoms with Crippen molar-refractivity contribution in [2.75, 3.05) is 6.61 Å². The van der Waals surface area contributed by atoms with E-state index < -0.39 is 0 Å². The Morgan fingerprint density at radius 1 is 1.04 bits per heavy atom. The number of hydrogen-bond donors (Lipinski definition) is 0. The van der Waals surface area contributed by atoms with Crippen molar-refractivity contribution >= 4 is 0 Å². The molecule has 0 aliphatic heterocycles. The van der Waals surface area contributed by atoms with Crippen molar-refractivity contribution in [3.63, 3.8) is 0 Å². The number of ether oxygens (including phenoxy) is 1. The first-order valence-electron chi connectivity index (χ1n) is 9.27. The van der Waals surface area contributed by atoms with Gasteiger partial charge in [-0.1, -0.05) is 61.9 Å². The summed E-state index contributed by atoms with van der Waals surface area (Å²) in [6, 6.07) is 9.09. The maximum absolute atomic E-state index is 5.61. The lowest BCUT2D eigenvalue weighted by Crippen LogP contribution is -2.11. The molecule has 1 aromatic rings. The zero-order valence-corrected chi connectivity index (χ0v) is 14.8. The molecule has 1 aliphatic rings. The lowest BCUT2D eigenvalue weighted by Gasteiger charge is -2.27. The topological polar surface area (TPSA) is 9.23 Å². The predicted molar refractivity (Wildman–Crippen MR) is 99.7 cm³/mol. The van der Waals surface area contributed by atoms with Crippen LogP contribution in [0.4, 0.5) is 0 Å². The van der Waals surface area contributed by atoms with Gasteiger partial charge in [-0.3, -0.25) is 0 Å². The molecule has 1 heteroatoms. The zero-order chi connectivity index (χ0) is 16.3. The second-order valence-corrected chi connectivity index (χ2v) is 6.65. The number of hydrogen-bond acceptors (Lipinski definition) is 1. The van der Waals surface area contributed by atoms with Crippen molar-refractivity contribution in [1.29, 1.82) is 0 Å². The molecule has 1 aliphatic carbocycles. The van der Waals surface area contributed by atoms with Gasteiger partial charge < -0.3 is 4.74 Å². The highest BCUT2D eigenvalue weighted by Crippen LogP contribution is 2.36. The van der Waals surface area contributed by atoms with Gasteiger partial charge in [0.25, 0.3) is 0 Å². The van der Waals surface area contributed by atoms with E-state index in [-0.39, 0.29) is 0 Å². The van der Waals surface area contributed by atoms with Crippen LogP contribution in [0.3, 0.4) is 0 Å². The number of benzene rings is 1. The van der Waals surface area contributed by atoms with Gasteiger partial charge in [-0.15, -0.1) is 0 Å². The minimum absolute atomic E-state index is 0.702. The van der Waals surface area contributed by atoms with Gasteiger partial charge in [0.2, 0.25) is 0 Å². The van der Waals surface area contributed by atoms with Crippen LogP contribution in [-0.4, -0.2) is 6.61 Å². The van der Waals surface area contributed by atoms with E-state index in [2.05, 4.69) is 43.3 Å². The Labute approximate surface area is 142 Å². The van der Waals surface area contributed by atoms with Crippen LogP contribution in [0.1, 0.15) is 69.4 Å². The van der Waals surface area contributed by atoms with Gasteiger partial charge >= 0.3 is 0 Å². The molecule has 0 bridgehead atoms. The summed E-state index contributed by atoms with van der Waals surface area (Å²) in [7, 11) is 0. The first-order valence-corrected chi connectivity index (χ1v) is 9.27. The van der Waals surface area contributed by atoms with Crippen molar-refractivity contribution in [3.8, 4) is 0 Å². The Balaban J connectivity index is 1.77. The maximum Gasteiger partial charge on any atom is 0.0721 e. The largest absolute Gasteiger partial charge is 0.373 e. The monoisotopic (exact) mass is 312 g/mol. The summed E-state index contributed by atoms with van der Waals surface area (Å²) in [5.41, 5.74) is 2.78. The van der Waals surface area contributed by atoms with Crippen LogP contribution in [0.25, 0.3) is 0 Å². The molecule has 0 saturated heterocycles. The highest BCUT2D eigenvalue weighted by Gasteiger charge is 2.20. The number of unbranched alkanes of at least 4 members (excludes halogenated alkanes) is 1. The summed E-state index contributed by atoms with van der Waals surface area (Å²) >= 11 is 0. The lowest BCUT2D eigenvalue weighted by atomic mass is 9.78. The van der Waals surface area contributed by atoms with Gasteiger partial charge in [-0.2, -0.15) is 0 Å². The Morgan fingerprint density at radius 3 is 2.43 bits per heavy atom. The van der Waals surface area contributed by atoms with Gasteiger partial charge in [0.05, 0.1) is 13.2 Å². The average molecular weight is 312 g/mol. The lowest BCUT2D eigenvalue weighted by molar-refractivity contribution is 0.148. The van der Waals surface area contributed by atoms with Crippen LogP contribution in [-0.2, 0) is 11.3 Å². The second-order valence-electron chi connectivity index (χ2n) is 6.65. The molecular formula is C22H32O. The Hall–Kier alpha value is -1.34. The summed E-state index contributed by atoms with van der Waals surface area (Å²) in [5.74, 6) is 1.57.